The lowest BCUT2D eigenvalue weighted by Crippen LogP contribution is -1.99. The van der Waals surface area contributed by atoms with Gasteiger partial charge in [0.1, 0.15) is 5.82 Å². The quantitative estimate of drug-likeness (QED) is 0.458. The van der Waals surface area contributed by atoms with Crippen molar-refractivity contribution >= 4 is 12.0 Å². The van der Waals surface area contributed by atoms with E-state index in [9.17, 15) is 0 Å². The Balaban J connectivity index is 1.99. The summed E-state index contributed by atoms with van der Waals surface area (Å²) in [4.78, 5) is 4.13. The Labute approximate surface area is 131 Å². The minimum absolute atomic E-state index is 0.696. The van der Waals surface area contributed by atoms with E-state index in [0.29, 0.717) is 18.2 Å². The van der Waals surface area contributed by atoms with Crippen LogP contribution in [0.4, 0.5) is 5.82 Å². The van der Waals surface area contributed by atoms with Crippen LogP contribution in [0.5, 0.6) is 11.5 Å². The number of unbranched alkanes of at least 4 members (excludes halogenated alkanes) is 1. The van der Waals surface area contributed by atoms with Crippen molar-refractivity contribution in [2.75, 3.05) is 19.1 Å². The molecule has 0 amide bonds. The van der Waals surface area contributed by atoms with Gasteiger partial charge in [-0.2, -0.15) is 5.10 Å². The van der Waals surface area contributed by atoms with E-state index >= 15 is 0 Å². The number of ether oxygens (including phenoxy) is 2. The van der Waals surface area contributed by atoms with E-state index in [1.807, 2.05) is 36.4 Å². The van der Waals surface area contributed by atoms with E-state index in [-0.39, 0.29) is 0 Å². The summed E-state index contributed by atoms with van der Waals surface area (Å²) >= 11 is 0. The molecule has 0 bridgehead atoms. The summed E-state index contributed by atoms with van der Waals surface area (Å²) in [5.41, 5.74) is 3.79. The van der Waals surface area contributed by atoms with Crippen LogP contribution in [0.1, 0.15) is 25.3 Å². The first-order valence-electron chi connectivity index (χ1n) is 7.34. The van der Waals surface area contributed by atoms with E-state index in [4.69, 9.17) is 9.47 Å². The zero-order valence-corrected chi connectivity index (χ0v) is 13.0. The molecule has 0 aliphatic rings. The number of nitrogens with one attached hydrogen (secondary N) is 1. The molecule has 0 fully saturated rings. The second-order valence-electron chi connectivity index (χ2n) is 4.70. The number of hydrogen-bond donors (Lipinski definition) is 1. The lowest BCUT2D eigenvalue weighted by Gasteiger charge is -2.10. The molecule has 0 saturated heterocycles. The number of aromatic nitrogens is 1. The minimum atomic E-state index is 0.696. The Hall–Kier alpha value is -2.56. The first kappa shape index (κ1) is 15.8. The lowest BCUT2D eigenvalue weighted by atomic mass is 10.2. The smallest absolute Gasteiger partial charge is 0.161 e. The molecule has 116 valence electrons. The molecule has 2 rings (SSSR count). The van der Waals surface area contributed by atoms with Crippen LogP contribution >= 0.6 is 0 Å². The first-order chi connectivity index (χ1) is 10.8. The van der Waals surface area contributed by atoms with Crippen molar-refractivity contribution in [1.82, 2.24) is 4.98 Å². The van der Waals surface area contributed by atoms with Gasteiger partial charge in [0.2, 0.25) is 0 Å². The van der Waals surface area contributed by atoms with Crippen molar-refractivity contribution in [3.63, 3.8) is 0 Å². The highest BCUT2D eigenvalue weighted by Crippen LogP contribution is 2.27. The molecule has 0 aliphatic carbocycles. The summed E-state index contributed by atoms with van der Waals surface area (Å²) in [7, 11) is 1.63. The Kier molecular flexibility index (Phi) is 6.23. The van der Waals surface area contributed by atoms with Gasteiger partial charge >= 0.3 is 0 Å². The van der Waals surface area contributed by atoms with Crippen LogP contribution in [-0.2, 0) is 0 Å². The molecule has 1 aromatic heterocycles. The largest absolute Gasteiger partial charge is 0.493 e. The van der Waals surface area contributed by atoms with Crippen LogP contribution in [0, 0.1) is 0 Å². The molecule has 2 aromatic rings. The van der Waals surface area contributed by atoms with Crippen molar-refractivity contribution in [2.45, 2.75) is 19.8 Å². The van der Waals surface area contributed by atoms with Crippen LogP contribution < -0.4 is 14.9 Å². The molecular weight excluding hydrogens is 278 g/mol. The number of anilines is 1. The summed E-state index contributed by atoms with van der Waals surface area (Å²) in [6.45, 7) is 2.83. The summed E-state index contributed by atoms with van der Waals surface area (Å²) in [6.07, 6.45) is 5.56. The number of methoxy groups -OCH3 is 1. The molecule has 0 saturated carbocycles. The van der Waals surface area contributed by atoms with Gasteiger partial charge in [-0.25, -0.2) is 4.98 Å². The van der Waals surface area contributed by atoms with Gasteiger partial charge < -0.3 is 9.47 Å². The Morgan fingerprint density at radius 2 is 2.14 bits per heavy atom. The van der Waals surface area contributed by atoms with Crippen molar-refractivity contribution in [3.8, 4) is 11.5 Å². The number of rotatable bonds is 8. The van der Waals surface area contributed by atoms with Gasteiger partial charge in [-0.15, -0.1) is 0 Å². The predicted octanol–water partition coefficient (Wildman–Crippen LogP) is 3.72. The molecule has 5 nitrogen and oxygen atoms in total. The summed E-state index contributed by atoms with van der Waals surface area (Å²) < 4.78 is 11.1. The van der Waals surface area contributed by atoms with E-state index in [2.05, 4.69) is 22.4 Å². The maximum Gasteiger partial charge on any atom is 0.161 e. The average Bonchev–Trinajstić information content (AvgIpc) is 2.57. The van der Waals surface area contributed by atoms with Crippen molar-refractivity contribution in [3.05, 3.63) is 48.2 Å². The fourth-order valence-corrected chi connectivity index (χ4v) is 1.81. The van der Waals surface area contributed by atoms with E-state index < -0.39 is 0 Å². The maximum atomic E-state index is 5.70. The highest BCUT2D eigenvalue weighted by molar-refractivity contribution is 5.81. The molecule has 0 atom stereocenters. The summed E-state index contributed by atoms with van der Waals surface area (Å²) in [5.74, 6) is 2.16. The van der Waals surface area contributed by atoms with E-state index in [1.54, 1.807) is 19.5 Å². The summed E-state index contributed by atoms with van der Waals surface area (Å²) in [5, 5.41) is 4.16. The molecule has 5 heteroatoms. The lowest BCUT2D eigenvalue weighted by molar-refractivity contribution is 0.288. The minimum Gasteiger partial charge on any atom is -0.493 e. The van der Waals surface area contributed by atoms with Crippen molar-refractivity contribution in [1.29, 1.82) is 0 Å². The highest BCUT2D eigenvalue weighted by Gasteiger charge is 2.04. The zero-order chi connectivity index (χ0) is 15.6. The number of benzene rings is 1. The van der Waals surface area contributed by atoms with Gasteiger partial charge in [0.15, 0.2) is 11.5 Å². The Morgan fingerprint density at radius 1 is 1.23 bits per heavy atom. The maximum absolute atomic E-state index is 5.70. The van der Waals surface area contributed by atoms with Crippen molar-refractivity contribution in [2.24, 2.45) is 5.10 Å². The molecule has 1 aromatic carbocycles. The Morgan fingerprint density at radius 3 is 2.86 bits per heavy atom. The van der Waals surface area contributed by atoms with Gasteiger partial charge in [-0.1, -0.05) is 19.4 Å². The third-order valence-electron chi connectivity index (χ3n) is 3.00. The SMILES string of the molecule is CCCCOc1ccc(/C=N\Nc2ccccn2)cc1OC. The van der Waals surface area contributed by atoms with Crippen LogP contribution in [0.25, 0.3) is 0 Å². The molecular formula is C17H21N3O2. The fourth-order valence-electron chi connectivity index (χ4n) is 1.81. The number of pyridine rings is 1. The summed E-state index contributed by atoms with van der Waals surface area (Å²) in [6, 6.07) is 11.3. The number of nitrogens with zero attached hydrogens (tertiary/aromatic N) is 2. The average molecular weight is 299 g/mol. The van der Waals surface area contributed by atoms with Gasteiger partial charge in [0, 0.05) is 6.20 Å². The second-order valence-corrected chi connectivity index (χ2v) is 4.70. The van der Waals surface area contributed by atoms with Crippen LogP contribution in [0.2, 0.25) is 0 Å². The highest BCUT2D eigenvalue weighted by atomic mass is 16.5. The Bertz CT molecular complexity index is 600. The number of hydrogen-bond acceptors (Lipinski definition) is 5. The van der Waals surface area contributed by atoms with Crippen LogP contribution in [0.3, 0.4) is 0 Å². The molecule has 1 heterocycles. The molecule has 0 unspecified atom stereocenters. The van der Waals surface area contributed by atoms with Crippen molar-refractivity contribution < 1.29 is 9.47 Å². The van der Waals surface area contributed by atoms with Gasteiger partial charge in [-0.3, -0.25) is 5.43 Å². The van der Waals surface area contributed by atoms with E-state index in [1.165, 1.54) is 0 Å². The third-order valence-corrected chi connectivity index (χ3v) is 3.00. The van der Waals surface area contributed by atoms with Gasteiger partial charge in [0.25, 0.3) is 0 Å². The molecule has 0 radical (unpaired) electrons. The molecule has 22 heavy (non-hydrogen) atoms. The first-order valence-corrected chi connectivity index (χ1v) is 7.34. The zero-order valence-electron chi connectivity index (χ0n) is 13.0. The monoisotopic (exact) mass is 299 g/mol. The standard InChI is InChI=1S/C17H21N3O2/c1-3-4-11-22-15-9-8-14(12-16(15)21-2)13-19-20-17-7-5-6-10-18-17/h5-10,12-13H,3-4,11H2,1-2H3,(H,18,20)/b19-13-. The molecule has 0 spiro atoms. The second kappa shape index (κ2) is 8.67. The topological polar surface area (TPSA) is 55.7 Å². The fraction of sp³-hybridized carbons (Fsp3) is 0.294. The van der Waals surface area contributed by atoms with Gasteiger partial charge in [-0.05, 0) is 42.3 Å². The normalized spacial score (nSPS) is 10.6. The molecule has 1 N–H and O–H groups in total. The van der Waals surface area contributed by atoms with E-state index in [0.717, 1.165) is 24.2 Å². The molecule has 0 aliphatic heterocycles. The van der Waals surface area contributed by atoms with Crippen LogP contribution in [-0.4, -0.2) is 24.9 Å². The van der Waals surface area contributed by atoms with Gasteiger partial charge in [0.05, 0.1) is 19.9 Å². The van der Waals surface area contributed by atoms with Crippen LogP contribution in [0.15, 0.2) is 47.7 Å². The number of hydrazone groups is 1. The predicted molar refractivity (Wildman–Crippen MR) is 88.9 cm³/mol. The third kappa shape index (κ3) is 4.77.